The Hall–Kier alpha value is -1.43. The summed E-state index contributed by atoms with van der Waals surface area (Å²) in [5.74, 6) is -0.548. The first-order valence-corrected chi connectivity index (χ1v) is 7.33. The molecule has 1 aromatic heterocycles. The predicted molar refractivity (Wildman–Crippen MR) is 73.8 cm³/mol. The van der Waals surface area contributed by atoms with Crippen molar-refractivity contribution in [2.75, 3.05) is 5.32 Å². The van der Waals surface area contributed by atoms with Crippen molar-refractivity contribution in [1.29, 1.82) is 0 Å². The third-order valence-corrected chi connectivity index (χ3v) is 4.15. The molecule has 0 aliphatic heterocycles. The Morgan fingerprint density at radius 1 is 1.47 bits per heavy atom. The molecular formula is C13H18N2O3S. The molecule has 5 nitrogen and oxygen atoms in total. The molecule has 1 fully saturated rings. The van der Waals surface area contributed by atoms with Crippen LogP contribution in [0.15, 0.2) is 0 Å². The van der Waals surface area contributed by atoms with Crippen LogP contribution in [0.4, 0.5) is 5.13 Å². The van der Waals surface area contributed by atoms with Crippen LogP contribution in [0.1, 0.15) is 60.8 Å². The van der Waals surface area contributed by atoms with Gasteiger partial charge in [0.2, 0.25) is 5.91 Å². The van der Waals surface area contributed by atoms with Crippen LogP contribution in [-0.4, -0.2) is 22.0 Å². The number of hydrogen-bond donors (Lipinski definition) is 2. The van der Waals surface area contributed by atoms with Gasteiger partial charge in [-0.3, -0.25) is 4.79 Å². The molecule has 1 aromatic rings. The van der Waals surface area contributed by atoms with Crippen LogP contribution in [0.2, 0.25) is 0 Å². The number of nitrogens with one attached hydrogen (secondary N) is 1. The lowest BCUT2D eigenvalue weighted by molar-refractivity contribution is -0.116. The van der Waals surface area contributed by atoms with E-state index in [1.54, 1.807) is 0 Å². The van der Waals surface area contributed by atoms with E-state index in [1.807, 2.05) is 13.8 Å². The average molecular weight is 282 g/mol. The highest BCUT2D eigenvalue weighted by atomic mass is 32.1. The fourth-order valence-electron chi connectivity index (χ4n) is 2.04. The monoisotopic (exact) mass is 282 g/mol. The highest BCUT2D eigenvalue weighted by molar-refractivity contribution is 7.17. The maximum Gasteiger partial charge on any atom is 0.347 e. The van der Waals surface area contributed by atoms with E-state index in [2.05, 4.69) is 10.3 Å². The number of carboxylic acids is 1. The lowest BCUT2D eigenvalue weighted by Gasteiger charge is -2.23. The van der Waals surface area contributed by atoms with Crippen molar-refractivity contribution in [3.8, 4) is 0 Å². The molecule has 0 aromatic carbocycles. The Morgan fingerprint density at radius 2 is 2.16 bits per heavy atom. The normalized spacial score (nSPS) is 15.3. The highest BCUT2D eigenvalue weighted by Crippen LogP contribution is 2.40. The van der Waals surface area contributed by atoms with Crippen molar-refractivity contribution in [2.45, 2.75) is 45.4 Å². The quantitative estimate of drug-likeness (QED) is 0.869. The minimum atomic E-state index is -0.955. The van der Waals surface area contributed by atoms with Gasteiger partial charge >= 0.3 is 5.97 Å². The van der Waals surface area contributed by atoms with E-state index in [4.69, 9.17) is 0 Å². The maximum absolute atomic E-state index is 11.7. The fourth-order valence-corrected chi connectivity index (χ4v) is 2.94. The van der Waals surface area contributed by atoms with Crippen molar-refractivity contribution in [3.05, 3.63) is 10.6 Å². The van der Waals surface area contributed by atoms with Crippen LogP contribution in [0, 0.1) is 5.92 Å². The molecule has 0 radical (unpaired) electrons. The van der Waals surface area contributed by atoms with Gasteiger partial charge in [0.25, 0.3) is 0 Å². The van der Waals surface area contributed by atoms with E-state index >= 15 is 0 Å². The summed E-state index contributed by atoms with van der Waals surface area (Å²) in [4.78, 5) is 27.5. The summed E-state index contributed by atoms with van der Waals surface area (Å²) in [7, 11) is 0. The fraction of sp³-hybridized carbons (Fsp3) is 0.615. The summed E-state index contributed by atoms with van der Waals surface area (Å²) in [5.41, 5.74) is 0.642. The first kappa shape index (κ1) is 14.0. The van der Waals surface area contributed by atoms with Crippen LogP contribution < -0.4 is 5.32 Å². The zero-order valence-corrected chi connectivity index (χ0v) is 11.9. The van der Waals surface area contributed by atoms with E-state index < -0.39 is 5.97 Å². The number of aromatic carboxylic acids is 1. The highest BCUT2D eigenvalue weighted by Gasteiger charge is 2.29. The SMILES string of the molecule is CC(C)CC(=O)Nc1nc(C2CCC2)c(C(=O)O)s1. The summed E-state index contributed by atoms with van der Waals surface area (Å²) < 4.78 is 0. The lowest BCUT2D eigenvalue weighted by Crippen LogP contribution is -2.15. The van der Waals surface area contributed by atoms with E-state index in [9.17, 15) is 14.7 Å². The summed E-state index contributed by atoms with van der Waals surface area (Å²) in [6, 6.07) is 0. The van der Waals surface area contributed by atoms with E-state index in [0.717, 1.165) is 30.6 Å². The van der Waals surface area contributed by atoms with Crippen molar-refractivity contribution >= 4 is 28.3 Å². The van der Waals surface area contributed by atoms with Crippen molar-refractivity contribution in [3.63, 3.8) is 0 Å². The van der Waals surface area contributed by atoms with E-state index in [1.165, 1.54) is 0 Å². The average Bonchev–Trinajstić information content (AvgIpc) is 2.57. The minimum Gasteiger partial charge on any atom is -0.477 e. The molecule has 0 unspecified atom stereocenters. The van der Waals surface area contributed by atoms with Crippen LogP contribution >= 0.6 is 11.3 Å². The molecular weight excluding hydrogens is 264 g/mol. The molecule has 1 amide bonds. The minimum absolute atomic E-state index is 0.110. The van der Waals surface area contributed by atoms with Crippen LogP contribution in [0.3, 0.4) is 0 Å². The molecule has 0 atom stereocenters. The van der Waals surface area contributed by atoms with Crippen LogP contribution in [0.5, 0.6) is 0 Å². The predicted octanol–water partition coefficient (Wildman–Crippen LogP) is 3.09. The van der Waals surface area contributed by atoms with Gasteiger partial charge in [-0.15, -0.1) is 0 Å². The first-order chi connectivity index (χ1) is 8.97. The van der Waals surface area contributed by atoms with Gasteiger partial charge in [0.15, 0.2) is 5.13 Å². The van der Waals surface area contributed by atoms with E-state index in [-0.39, 0.29) is 22.6 Å². The molecule has 0 bridgehead atoms. The summed E-state index contributed by atoms with van der Waals surface area (Å²) in [5, 5.41) is 12.3. The molecule has 1 aliphatic rings. The molecule has 104 valence electrons. The van der Waals surface area contributed by atoms with Crippen molar-refractivity contribution < 1.29 is 14.7 Å². The number of hydrogen-bond acceptors (Lipinski definition) is 4. The first-order valence-electron chi connectivity index (χ1n) is 6.51. The Bertz CT molecular complexity index is 492. The smallest absolute Gasteiger partial charge is 0.347 e. The summed E-state index contributed by atoms with van der Waals surface area (Å²) in [6.07, 6.45) is 3.52. The van der Waals surface area contributed by atoms with Crippen LogP contribution in [0.25, 0.3) is 0 Å². The molecule has 0 spiro atoms. The topological polar surface area (TPSA) is 79.3 Å². The zero-order valence-electron chi connectivity index (χ0n) is 11.1. The van der Waals surface area contributed by atoms with Crippen molar-refractivity contribution in [1.82, 2.24) is 4.98 Å². The molecule has 2 N–H and O–H groups in total. The Balaban J connectivity index is 2.13. The Kier molecular flexibility index (Phi) is 4.19. The van der Waals surface area contributed by atoms with Gasteiger partial charge in [0.1, 0.15) is 4.88 Å². The molecule has 0 saturated heterocycles. The molecule has 1 saturated carbocycles. The number of carbonyl (C=O) groups excluding carboxylic acids is 1. The van der Waals surface area contributed by atoms with Gasteiger partial charge < -0.3 is 10.4 Å². The Morgan fingerprint density at radius 3 is 2.63 bits per heavy atom. The van der Waals surface area contributed by atoms with Gasteiger partial charge in [0.05, 0.1) is 5.69 Å². The van der Waals surface area contributed by atoms with E-state index in [0.29, 0.717) is 17.2 Å². The third kappa shape index (κ3) is 3.32. The molecule has 1 aliphatic carbocycles. The van der Waals surface area contributed by atoms with Crippen molar-refractivity contribution in [2.24, 2.45) is 5.92 Å². The number of aromatic nitrogens is 1. The molecule has 6 heteroatoms. The maximum atomic E-state index is 11.7. The Labute approximate surface area is 116 Å². The third-order valence-electron chi connectivity index (χ3n) is 3.18. The summed E-state index contributed by atoms with van der Waals surface area (Å²) >= 11 is 1.06. The number of thiazole rings is 1. The van der Waals surface area contributed by atoms with Gasteiger partial charge in [-0.2, -0.15) is 0 Å². The second-order valence-corrected chi connectivity index (χ2v) is 6.31. The van der Waals surface area contributed by atoms with Gasteiger partial charge in [-0.05, 0) is 18.8 Å². The summed E-state index contributed by atoms with van der Waals surface area (Å²) in [6.45, 7) is 3.92. The van der Waals surface area contributed by atoms with Gasteiger partial charge in [-0.25, -0.2) is 9.78 Å². The number of amides is 1. The number of carbonyl (C=O) groups is 2. The second kappa shape index (κ2) is 5.69. The number of carboxylic acid groups (broad SMARTS) is 1. The second-order valence-electron chi connectivity index (χ2n) is 5.31. The van der Waals surface area contributed by atoms with Crippen LogP contribution in [-0.2, 0) is 4.79 Å². The van der Waals surface area contributed by atoms with Gasteiger partial charge in [0, 0.05) is 12.3 Å². The number of rotatable bonds is 5. The number of nitrogens with zero attached hydrogens (tertiary/aromatic N) is 1. The standard InChI is InChI=1S/C13H18N2O3S/c1-7(2)6-9(16)14-13-15-10(8-4-3-5-8)11(19-13)12(17)18/h7-8H,3-6H2,1-2H3,(H,17,18)(H,14,15,16). The molecule has 1 heterocycles. The largest absolute Gasteiger partial charge is 0.477 e. The molecule has 2 rings (SSSR count). The number of anilines is 1. The zero-order chi connectivity index (χ0) is 14.0. The molecule has 19 heavy (non-hydrogen) atoms. The van der Waals surface area contributed by atoms with Gasteiger partial charge in [-0.1, -0.05) is 31.6 Å². The lowest BCUT2D eigenvalue weighted by atomic mass is 9.82.